The summed E-state index contributed by atoms with van der Waals surface area (Å²) < 4.78 is 27.5. The van der Waals surface area contributed by atoms with Crippen molar-refractivity contribution in [3.63, 3.8) is 0 Å². The molecule has 2 fully saturated rings. The van der Waals surface area contributed by atoms with Crippen LogP contribution in [0.15, 0.2) is 49.1 Å². The maximum absolute atomic E-state index is 6.51. The molecule has 0 aliphatic carbocycles. The Morgan fingerprint density at radius 2 is 1.80 bits per heavy atom. The molecule has 0 saturated carbocycles. The lowest BCUT2D eigenvalue weighted by atomic mass is 10.1. The predicted molar refractivity (Wildman–Crippen MR) is 136 cm³/mol. The molecule has 4 heterocycles. The van der Waals surface area contributed by atoms with Crippen molar-refractivity contribution in [3.8, 4) is 0 Å². The normalized spacial score (nSPS) is 27.2. The van der Waals surface area contributed by atoms with Crippen molar-refractivity contribution >= 4 is 31.4 Å². The summed E-state index contributed by atoms with van der Waals surface area (Å²) in [6, 6.07) is 10.1. The van der Waals surface area contributed by atoms with Crippen LogP contribution in [0, 0.1) is 0 Å². The Morgan fingerprint density at radius 3 is 2.54 bits per heavy atom. The smallest absolute Gasteiger partial charge is 0.192 e. The Morgan fingerprint density at radius 1 is 1.06 bits per heavy atom. The summed E-state index contributed by atoms with van der Waals surface area (Å²) in [5.74, 6) is 0.327. The van der Waals surface area contributed by atoms with Crippen molar-refractivity contribution in [1.29, 1.82) is 0 Å². The van der Waals surface area contributed by atoms with E-state index in [0.717, 1.165) is 5.56 Å². The van der Waals surface area contributed by atoms with Crippen LogP contribution < -0.4 is 5.73 Å². The van der Waals surface area contributed by atoms with Crippen LogP contribution in [0.3, 0.4) is 0 Å². The van der Waals surface area contributed by atoms with Gasteiger partial charge in [0.15, 0.2) is 32.3 Å². The SMILES string of the molecule is CC(C)(C)[Si](C)(C)OC[C@H]1O[C@@H](n2cnc3c(N)ncnc32)C2OC(C=Cc3ccccc3)O[C@H]21. The molecule has 2 aliphatic rings. The van der Waals surface area contributed by atoms with Crippen molar-refractivity contribution in [2.75, 3.05) is 12.3 Å². The van der Waals surface area contributed by atoms with E-state index in [2.05, 4.69) is 48.8 Å². The summed E-state index contributed by atoms with van der Waals surface area (Å²) in [5.41, 5.74) is 8.22. The van der Waals surface area contributed by atoms with Crippen LogP contribution in [0.1, 0.15) is 32.6 Å². The van der Waals surface area contributed by atoms with Crippen molar-refractivity contribution < 1.29 is 18.6 Å². The monoisotopic (exact) mass is 495 g/mol. The third-order valence-electron chi connectivity index (χ3n) is 7.19. The van der Waals surface area contributed by atoms with E-state index in [1.807, 2.05) is 47.1 Å². The number of nitrogen functional groups attached to an aromatic ring is 1. The largest absolute Gasteiger partial charge is 0.414 e. The molecule has 5 atom stereocenters. The Balaban J connectivity index is 1.41. The molecule has 3 aromatic rings. The number of benzene rings is 1. The quantitative estimate of drug-likeness (QED) is 0.508. The van der Waals surface area contributed by atoms with Gasteiger partial charge in [0.2, 0.25) is 0 Å². The number of hydrogen-bond acceptors (Lipinski definition) is 8. The van der Waals surface area contributed by atoms with Crippen LogP contribution in [0.2, 0.25) is 18.1 Å². The molecule has 0 amide bonds. The Hall–Kier alpha value is -2.63. The number of nitrogens with two attached hydrogens (primary N) is 1. The topological polar surface area (TPSA) is 107 Å². The number of ether oxygens (including phenoxy) is 3. The van der Waals surface area contributed by atoms with Gasteiger partial charge < -0.3 is 24.4 Å². The predicted octanol–water partition coefficient (Wildman–Crippen LogP) is 4.15. The van der Waals surface area contributed by atoms with Crippen LogP contribution >= 0.6 is 0 Å². The van der Waals surface area contributed by atoms with Gasteiger partial charge in [-0.15, -0.1) is 0 Å². The molecule has 2 aliphatic heterocycles. The molecule has 2 saturated heterocycles. The zero-order valence-corrected chi connectivity index (χ0v) is 21.8. The number of hydrogen-bond donors (Lipinski definition) is 1. The summed E-state index contributed by atoms with van der Waals surface area (Å²) in [5, 5.41) is 0.0907. The van der Waals surface area contributed by atoms with E-state index >= 15 is 0 Å². The Kier molecular flexibility index (Phi) is 6.26. The van der Waals surface area contributed by atoms with E-state index in [-0.39, 0.29) is 23.4 Å². The van der Waals surface area contributed by atoms with Crippen molar-refractivity contribution in [1.82, 2.24) is 19.5 Å². The minimum absolute atomic E-state index is 0.0907. The lowest BCUT2D eigenvalue weighted by Gasteiger charge is -2.37. The average Bonchev–Trinajstić information content (AvgIpc) is 3.50. The van der Waals surface area contributed by atoms with Gasteiger partial charge in [-0.05, 0) is 29.8 Å². The van der Waals surface area contributed by atoms with Gasteiger partial charge in [0.1, 0.15) is 30.2 Å². The number of anilines is 1. The third kappa shape index (κ3) is 4.64. The fourth-order valence-electron chi connectivity index (χ4n) is 4.13. The van der Waals surface area contributed by atoms with Crippen LogP contribution in [0.5, 0.6) is 0 Å². The molecule has 2 unspecified atom stereocenters. The van der Waals surface area contributed by atoms with Crippen LogP contribution in [-0.2, 0) is 18.6 Å². The summed E-state index contributed by atoms with van der Waals surface area (Å²) in [6.07, 6.45) is 5.10. The van der Waals surface area contributed by atoms with Crippen LogP contribution in [0.4, 0.5) is 5.82 Å². The molecule has 0 spiro atoms. The molecule has 2 aromatic heterocycles. The molecule has 35 heavy (non-hydrogen) atoms. The molecule has 9 nitrogen and oxygen atoms in total. The maximum atomic E-state index is 6.51. The molecule has 2 N–H and O–H groups in total. The summed E-state index contributed by atoms with van der Waals surface area (Å²) in [7, 11) is -1.98. The second-order valence-corrected chi connectivity index (χ2v) is 15.4. The zero-order valence-electron chi connectivity index (χ0n) is 20.8. The van der Waals surface area contributed by atoms with Gasteiger partial charge in [0, 0.05) is 0 Å². The first-order valence-electron chi connectivity index (χ1n) is 11.9. The van der Waals surface area contributed by atoms with E-state index < -0.39 is 20.8 Å². The molecule has 0 radical (unpaired) electrons. The van der Waals surface area contributed by atoms with Gasteiger partial charge in [-0.3, -0.25) is 4.57 Å². The minimum Gasteiger partial charge on any atom is -0.414 e. The Bertz CT molecular complexity index is 1210. The standard InChI is InChI=1S/C25H33N5O4Si/c1-25(2,3)35(4,5)31-13-17-20-21(34-18(33-20)12-11-16-9-7-6-8-10-16)24(32-17)30-15-29-19-22(26)27-14-28-23(19)30/h6-12,14-15,17-18,20-21,24H,13H2,1-5H3,(H2,26,27,28)/t17-,18?,20+,21?,24-/m1/s1. The highest BCUT2D eigenvalue weighted by atomic mass is 28.4. The number of nitrogens with zero attached hydrogens (tertiary/aromatic N) is 4. The van der Waals surface area contributed by atoms with Gasteiger partial charge >= 0.3 is 0 Å². The zero-order chi connectivity index (χ0) is 24.8. The molecular formula is C25H33N5O4Si. The van der Waals surface area contributed by atoms with Crippen LogP contribution in [0.25, 0.3) is 17.2 Å². The minimum atomic E-state index is -1.98. The highest BCUT2D eigenvalue weighted by Gasteiger charge is 2.54. The van der Waals surface area contributed by atoms with E-state index in [0.29, 0.717) is 23.6 Å². The van der Waals surface area contributed by atoms with E-state index in [1.165, 1.54) is 6.33 Å². The second-order valence-electron chi connectivity index (χ2n) is 10.6. The Labute approximate surface area is 206 Å². The number of fused-ring (bicyclic) bond motifs is 2. The number of imidazole rings is 1. The van der Waals surface area contributed by atoms with E-state index in [9.17, 15) is 0 Å². The van der Waals surface area contributed by atoms with Crippen molar-refractivity contribution in [3.05, 3.63) is 54.6 Å². The number of rotatable bonds is 6. The highest BCUT2D eigenvalue weighted by molar-refractivity contribution is 6.74. The van der Waals surface area contributed by atoms with Gasteiger partial charge in [0.25, 0.3) is 0 Å². The highest BCUT2D eigenvalue weighted by Crippen LogP contribution is 2.42. The van der Waals surface area contributed by atoms with E-state index in [1.54, 1.807) is 6.33 Å². The summed E-state index contributed by atoms with van der Waals surface area (Å²) in [4.78, 5) is 12.8. The molecular weight excluding hydrogens is 462 g/mol. The molecule has 5 rings (SSSR count). The van der Waals surface area contributed by atoms with Crippen LogP contribution in [-0.4, -0.2) is 59.0 Å². The molecule has 0 bridgehead atoms. The fraction of sp³-hybridized carbons (Fsp3) is 0.480. The molecule has 1 aromatic carbocycles. The fourth-order valence-corrected chi connectivity index (χ4v) is 5.14. The maximum Gasteiger partial charge on any atom is 0.192 e. The summed E-state index contributed by atoms with van der Waals surface area (Å²) >= 11 is 0. The first kappa shape index (κ1) is 24.1. The lowest BCUT2D eigenvalue weighted by Crippen LogP contribution is -2.44. The lowest BCUT2D eigenvalue weighted by molar-refractivity contribution is -0.132. The van der Waals surface area contributed by atoms with Crippen molar-refractivity contribution in [2.24, 2.45) is 0 Å². The average molecular weight is 496 g/mol. The van der Waals surface area contributed by atoms with Gasteiger partial charge in [-0.25, -0.2) is 15.0 Å². The first-order valence-corrected chi connectivity index (χ1v) is 14.8. The van der Waals surface area contributed by atoms with Gasteiger partial charge in [-0.2, -0.15) is 0 Å². The van der Waals surface area contributed by atoms with Gasteiger partial charge in [0.05, 0.1) is 12.9 Å². The molecule has 10 heteroatoms. The summed E-state index contributed by atoms with van der Waals surface area (Å²) in [6.45, 7) is 11.6. The molecule has 186 valence electrons. The van der Waals surface area contributed by atoms with Gasteiger partial charge in [-0.1, -0.05) is 57.2 Å². The second kappa shape index (κ2) is 9.10. The number of aromatic nitrogens is 4. The van der Waals surface area contributed by atoms with E-state index in [4.69, 9.17) is 24.4 Å². The first-order chi connectivity index (χ1) is 16.6. The van der Waals surface area contributed by atoms with Crippen molar-refractivity contribution in [2.45, 2.75) is 69.7 Å². The third-order valence-corrected chi connectivity index (χ3v) is 11.7.